The fourth-order valence-corrected chi connectivity index (χ4v) is 4.47. The highest BCUT2D eigenvalue weighted by Crippen LogP contribution is 2.42. The number of carbonyl (C=O) groups is 2. The second-order valence-corrected chi connectivity index (χ2v) is 10.6. The first-order valence-electron chi connectivity index (χ1n) is 13.4. The summed E-state index contributed by atoms with van der Waals surface area (Å²) in [5.74, 6) is -1.34. The van der Waals surface area contributed by atoms with Gasteiger partial charge in [-0.15, -0.1) is 0 Å². The molecule has 3 N–H and O–H groups in total. The summed E-state index contributed by atoms with van der Waals surface area (Å²) in [5, 5.41) is 0. The number of H-pyrrole nitrogens is 1. The van der Waals surface area contributed by atoms with E-state index in [9.17, 15) is 14.0 Å². The number of hydrogen-bond donors (Lipinski definition) is 2. The molecule has 1 aliphatic carbocycles. The van der Waals surface area contributed by atoms with Crippen molar-refractivity contribution in [1.29, 1.82) is 0 Å². The summed E-state index contributed by atoms with van der Waals surface area (Å²) in [6.07, 6.45) is 1.43. The van der Waals surface area contributed by atoms with Crippen molar-refractivity contribution in [1.82, 2.24) is 19.9 Å². The summed E-state index contributed by atoms with van der Waals surface area (Å²) in [5.41, 5.74) is 6.09. The number of aromatic amines is 1. The fraction of sp³-hybridized carbons (Fsp3) is 0.300. The summed E-state index contributed by atoms with van der Waals surface area (Å²) in [6.45, 7) is 1.84. The van der Waals surface area contributed by atoms with Crippen molar-refractivity contribution in [3.05, 3.63) is 84.1 Å². The highest BCUT2D eigenvalue weighted by Gasteiger charge is 2.55. The predicted molar refractivity (Wildman–Crippen MR) is 146 cm³/mol. The van der Waals surface area contributed by atoms with E-state index in [-0.39, 0.29) is 31.6 Å². The molecule has 0 atom stereocenters. The highest BCUT2D eigenvalue weighted by atomic mass is 19.1. The molecule has 6 rings (SSSR count). The molecule has 2 aromatic heterocycles. The maximum Gasteiger partial charge on any atom is 0.317 e. The van der Waals surface area contributed by atoms with Crippen LogP contribution in [0.15, 0.2) is 66.9 Å². The molecule has 1 amide bonds. The van der Waals surface area contributed by atoms with Gasteiger partial charge < -0.3 is 29.7 Å². The SMILES string of the molecule is CC1(C(=O)OC2(C(N)=O)CC2)COC(c2nc(-c3ccc(F)cc3)c(-c3ccnc(OCc4ccccc4)n3)[nH]2)OC1. The van der Waals surface area contributed by atoms with Crippen molar-refractivity contribution < 1.29 is 32.9 Å². The summed E-state index contributed by atoms with van der Waals surface area (Å²) < 4.78 is 36.8. The topological polar surface area (TPSA) is 152 Å². The van der Waals surface area contributed by atoms with Crippen molar-refractivity contribution in [3.8, 4) is 28.7 Å². The minimum atomic E-state index is -1.24. The summed E-state index contributed by atoms with van der Waals surface area (Å²) in [6, 6.07) is 17.4. The molecule has 2 aliphatic rings. The van der Waals surface area contributed by atoms with Crippen LogP contribution in [0.1, 0.15) is 37.4 Å². The zero-order valence-electron chi connectivity index (χ0n) is 22.7. The number of nitrogens with one attached hydrogen (secondary N) is 1. The average molecular weight is 574 g/mol. The number of imidazole rings is 1. The maximum atomic E-state index is 13.7. The second kappa shape index (κ2) is 11.0. The Morgan fingerprint density at radius 1 is 1.05 bits per heavy atom. The van der Waals surface area contributed by atoms with Crippen molar-refractivity contribution in [3.63, 3.8) is 0 Å². The van der Waals surface area contributed by atoms with E-state index in [1.807, 2.05) is 30.3 Å². The van der Waals surface area contributed by atoms with Crippen LogP contribution in [0.3, 0.4) is 0 Å². The monoisotopic (exact) mass is 573 g/mol. The number of benzene rings is 2. The van der Waals surface area contributed by atoms with Gasteiger partial charge in [-0.05, 0) is 42.8 Å². The first-order valence-corrected chi connectivity index (χ1v) is 13.4. The van der Waals surface area contributed by atoms with E-state index in [1.54, 1.807) is 31.3 Å². The molecule has 0 unspecified atom stereocenters. The molecular weight excluding hydrogens is 545 g/mol. The van der Waals surface area contributed by atoms with Gasteiger partial charge in [0, 0.05) is 24.6 Å². The largest absolute Gasteiger partial charge is 0.459 e. The number of carbonyl (C=O) groups excluding carboxylic acids is 2. The molecule has 2 aromatic carbocycles. The van der Waals surface area contributed by atoms with Gasteiger partial charge in [-0.25, -0.2) is 14.4 Å². The molecule has 4 aromatic rings. The van der Waals surface area contributed by atoms with E-state index >= 15 is 0 Å². The van der Waals surface area contributed by atoms with Gasteiger partial charge in [0.2, 0.25) is 6.29 Å². The number of esters is 1. The van der Waals surface area contributed by atoms with Crippen molar-refractivity contribution >= 4 is 11.9 Å². The van der Waals surface area contributed by atoms with Crippen LogP contribution in [0.2, 0.25) is 0 Å². The third-order valence-corrected chi connectivity index (χ3v) is 7.20. The molecule has 216 valence electrons. The number of hydrogen-bond acceptors (Lipinski definition) is 9. The van der Waals surface area contributed by atoms with Gasteiger partial charge in [0.1, 0.15) is 17.8 Å². The lowest BCUT2D eigenvalue weighted by atomic mass is 9.92. The van der Waals surface area contributed by atoms with Crippen molar-refractivity contribution in [2.24, 2.45) is 11.1 Å². The average Bonchev–Trinajstić information content (AvgIpc) is 3.66. The van der Waals surface area contributed by atoms with Crippen LogP contribution in [0.4, 0.5) is 4.39 Å². The predicted octanol–water partition coefficient (Wildman–Crippen LogP) is 3.86. The number of amides is 1. The molecule has 2 fully saturated rings. The van der Waals surface area contributed by atoms with Gasteiger partial charge >= 0.3 is 12.0 Å². The maximum absolute atomic E-state index is 13.7. The van der Waals surface area contributed by atoms with Crippen LogP contribution in [0.5, 0.6) is 6.01 Å². The fourth-order valence-electron chi connectivity index (χ4n) is 4.47. The third-order valence-electron chi connectivity index (χ3n) is 7.20. The molecule has 0 bridgehead atoms. The first kappa shape index (κ1) is 27.5. The van der Waals surface area contributed by atoms with Crippen molar-refractivity contribution in [2.45, 2.75) is 38.3 Å². The Balaban J connectivity index is 1.24. The Morgan fingerprint density at radius 3 is 2.43 bits per heavy atom. The zero-order valence-corrected chi connectivity index (χ0v) is 22.7. The minimum Gasteiger partial charge on any atom is -0.459 e. The molecule has 0 spiro atoms. The van der Waals surface area contributed by atoms with Crippen LogP contribution >= 0.6 is 0 Å². The number of rotatable bonds is 9. The Morgan fingerprint density at radius 2 is 1.76 bits per heavy atom. The standard InChI is InChI=1S/C30H28FN5O6/c1-29(27(38)42-30(12-13-30)26(32)37)16-40-25(41-17-29)24-35-22(19-7-9-20(31)10-8-19)23(36-24)21-11-14-33-28(34-21)39-15-18-5-3-2-4-6-18/h2-11,14,25H,12-13,15-17H2,1H3,(H2,32,37)(H,35,36). The lowest BCUT2D eigenvalue weighted by Gasteiger charge is -2.35. The van der Waals surface area contributed by atoms with Crippen LogP contribution in [0.25, 0.3) is 22.6 Å². The summed E-state index contributed by atoms with van der Waals surface area (Å²) >= 11 is 0. The first-order chi connectivity index (χ1) is 20.2. The summed E-state index contributed by atoms with van der Waals surface area (Å²) in [4.78, 5) is 41.3. The number of nitrogens with two attached hydrogens (primary N) is 1. The van der Waals surface area contributed by atoms with E-state index in [1.165, 1.54) is 12.1 Å². The number of nitrogens with zero attached hydrogens (tertiary/aromatic N) is 3. The molecular formula is C30H28FN5O6. The number of ether oxygens (including phenoxy) is 4. The molecule has 0 radical (unpaired) electrons. The summed E-state index contributed by atoms with van der Waals surface area (Å²) in [7, 11) is 0. The van der Waals surface area contributed by atoms with E-state index in [2.05, 4.69) is 15.0 Å². The van der Waals surface area contributed by atoms with Gasteiger partial charge in [-0.3, -0.25) is 9.59 Å². The Hall–Kier alpha value is -4.68. The van der Waals surface area contributed by atoms with Gasteiger partial charge in [-0.1, -0.05) is 30.3 Å². The normalized spacial score (nSPS) is 21.0. The molecule has 12 heteroatoms. The number of primary amides is 1. The lowest BCUT2D eigenvalue weighted by Crippen LogP contribution is -2.47. The van der Waals surface area contributed by atoms with Crippen LogP contribution in [0, 0.1) is 11.2 Å². The minimum absolute atomic E-state index is 0.0434. The van der Waals surface area contributed by atoms with Gasteiger partial charge in [0.15, 0.2) is 11.4 Å². The van der Waals surface area contributed by atoms with Crippen LogP contribution in [-0.4, -0.2) is 50.6 Å². The smallest absolute Gasteiger partial charge is 0.317 e. The van der Waals surface area contributed by atoms with E-state index < -0.39 is 29.2 Å². The van der Waals surface area contributed by atoms with E-state index in [0.717, 1.165) is 5.56 Å². The van der Waals surface area contributed by atoms with Crippen LogP contribution < -0.4 is 10.5 Å². The van der Waals surface area contributed by atoms with Crippen LogP contribution in [-0.2, 0) is 30.4 Å². The van der Waals surface area contributed by atoms with E-state index in [0.29, 0.717) is 41.3 Å². The van der Waals surface area contributed by atoms with Gasteiger partial charge in [0.25, 0.3) is 5.91 Å². The second-order valence-electron chi connectivity index (χ2n) is 10.6. The van der Waals surface area contributed by atoms with Gasteiger partial charge in [-0.2, -0.15) is 4.98 Å². The molecule has 42 heavy (non-hydrogen) atoms. The molecule has 1 saturated heterocycles. The lowest BCUT2D eigenvalue weighted by molar-refractivity contribution is -0.240. The Kier molecular flexibility index (Phi) is 7.17. The molecule has 1 aliphatic heterocycles. The molecule has 11 nitrogen and oxygen atoms in total. The number of aromatic nitrogens is 4. The number of halogens is 1. The zero-order chi connectivity index (χ0) is 29.3. The Bertz CT molecular complexity index is 1600. The van der Waals surface area contributed by atoms with Crippen molar-refractivity contribution in [2.75, 3.05) is 13.2 Å². The third kappa shape index (κ3) is 5.58. The highest BCUT2D eigenvalue weighted by molar-refractivity contribution is 5.90. The van der Waals surface area contributed by atoms with Gasteiger partial charge in [0.05, 0.1) is 30.3 Å². The Labute approximate surface area is 240 Å². The van der Waals surface area contributed by atoms with E-state index in [4.69, 9.17) is 29.7 Å². The quantitative estimate of drug-likeness (QED) is 0.284. The molecule has 3 heterocycles. The molecule has 1 saturated carbocycles.